The fourth-order valence-corrected chi connectivity index (χ4v) is 0.204. The van der Waals surface area contributed by atoms with Crippen molar-refractivity contribution in [1.29, 1.82) is 0 Å². The highest BCUT2D eigenvalue weighted by Crippen LogP contribution is 1.64. The highest BCUT2D eigenvalue weighted by atomic mass is 16.6. The summed E-state index contributed by atoms with van der Waals surface area (Å²) >= 11 is 0. The SMILES string of the molecule is C=CC.CCOCC.O=C(O)O. The third kappa shape index (κ3) is 606. The minimum absolute atomic E-state index is 0.844. The lowest BCUT2D eigenvalue weighted by atomic mass is 10.8. The first-order valence-electron chi connectivity index (χ1n) is 3.63. The number of carbonyl (C=O) groups is 1. The molecule has 12 heavy (non-hydrogen) atoms. The topological polar surface area (TPSA) is 66.8 Å². The van der Waals surface area contributed by atoms with Gasteiger partial charge in [0.1, 0.15) is 0 Å². The van der Waals surface area contributed by atoms with Gasteiger partial charge in [0.05, 0.1) is 0 Å². The summed E-state index contributed by atoms with van der Waals surface area (Å²) in [6.07, 6.45) is -0.0833. The molecule has 0 aromatic carbocycles. The van der Waals surface area contributed by atoms with Crippen LogP contribution < -0.4 is 0 Å². The highest BCUT2D eigenvalue weighted by Gasteiger charge is 1.70. The largest absolute Gasteiger partial charge is 0.503 e. The molecule has 0 aliphatic carbocycles. The highest BCUT2D eigenvalue weighted by molar-refractivity contribution is 5.53. The van der Waals surface area contributed by atoms with Crippen LogP contribution in [0, 0.1) is 0 Å². The Bertz CT molecular complexity index is 85.1. The predicted octanol–water partition coefficient (Wildman–Crippen LogP) is 2.46. The van der Waals surface area contributed by atoms with Crippen LogP contribution in [0.1, 0.15) is 20.8 Å². The molecule has 0 unspecified atom stereocenters. The zero-order valence-electron chi connectivity index (χ0n) is 7.91. The summed E-state index contributed by atoms with van der Waals surface area (Å²) in [4.78, 5) is 8.56. The molecule has 74 valence electrons. The van der Waals surface area contributed by atoms with E-state index in [0.29, 0.717) is 0 Å². The molecule has 0 radical (unpaired) electrons. The van der Waals surface area contributed by atoms with Crippen LogP contribution in [0.4, 0.5) is 4.79 Å². The molecule has 4 heteroatoms. The van der Waals surface area contributed by atoms with Gasteiger partial charge in [-0.15, -0.1) is 6.58 Å². The summed E-state index contributed by atoms with van der Waals surface area (Å²) in [6, 6.07) is 0. The lowest BCUT2D eigenvalue weighted by Gasteiger charge is -1.86. The Hall–Kier alpha value is -1.03. The van der Waals surface area contributed by atoms with Crippen LogP contribution in [-0.2, 0) is 4.74 Å². The Balaban J connectivity index is -0.000000105. The predicted molar refractivity (Wildman–Crippen MR) is 48.7 cm³/mol. The summed E-state index contributed by atoms with van der Waals surface area (Å²) in [7, 11) is 0. The number of hydrogen-bond donors (Lipinski definition) is 2. The van der Waals surface area contributed by atoms with Crippen molar-refractivity contribution in [3.05, 3.63) is 12.7 Å². The molecule has 0 saturated heterocycles. The quantitative estimate of drug-likeness (QED) is 0.637. The molecule has 0 amide bonds. The van der Waals surface area contributed by atoms with E-state index < -0.39 is 6.16 Å². The average molecular weight is 178 g/mol. The van der Waals surface area contributed by atoms with E-state index in [1.165, 1.54) is 0 Å². The molecular formula is C8H18O4. The van der Waals surface area contributed by atoms with E-state index >= 15 is 0 Å². The Morgan fingerprint density at radius 2 is 1.58 bits per heavy atom. The third-order valence-corrected chi connectivity index (χ3v) is 0.408. The van der Waals surface area contributed by atoms with E-state index in [1.807, 2.05) is 20.8 Å². The summed E-state index contributed by atoms with van der Waals surface area (Å²) in [5.41, 5.74) is 0. The van der Waals surface area contributed by atoms with Gasteiger partial charge in [0, 0.05) is 13.2 Å². The lowest BCUT2D eigenvalue weighted by Crippen LogP contribution is -1.84. The van der Waals surface area contributed by atoms with E-state index in [2.05, 4.69) is 6.58 Å². The number of carboxylic acid groups (broad SMARTS) is 2. The van der Waals surface area contributed by atoms with Gasteiger partial charge in [0.15, 0.2) is 0 Å². The smallest absolute Gasteiger partial charge is 0.450 e. The molecule has 0 bridgehead atoms. The van der Waals surface area contributed by atoms with Crippen molar-refractivity contribution < 1.29 is 19.7 Å². The van der Waals surface area contributed by atoms with E-state index in [9.17, 15) is 0 Å². The van der Waals surface area contributed by atoms with Gasteiger partial charge >= 0.3 is 6.16 Å². The number of allylic oxidation sites excluding steroid dienone is 1. The number of ether oxygens (including phenoxy) is 1. The van der Waals surface area contributed by atoms with Crippen LogP contribution in [0.2, 0.25) is 0 Å². The molecule has 0 saturated carbocycles. The van der Waals surface area contributed by atoms with E-state index in [-0.39, 0.29) is 0 Å². The fourth-order valence-electron chi connectivity index (χ4n) is 0.204. The van der Waals surface area contributed by atoms with Crippen LogP contribution in [0.15, 0.2) is 12.7 Å². The van der Waals surface area contributed by atoms with E-state index in [1.54, 1.807) is 6.08 Å². The molecule has 0 aromatic heterocycles. The van der Waals surface area contributed by atoms with Crippen molar-refractivity contribution in [2.75, 3.05) is 13.2 Å². The molecule has 0 aliphatic rings. The van der Waals surface area contributed by atoms with E-state index in [0.717, 1.165) is 13.2 Å². The maximum absolute atomic E-state index is 8.56. The summed E-state index contributed by atoms with van der Waals surface area (Å²) in [6.45, 7) is 10.9. The Kier molecular flexibility index (Phi) is 32.2. The third-order valence-electron chi connectivity index (χ3n) is 0.408. The molecule has 0 aromatic rings. The fraction of sp³-hybridized carbons (Fsp3) is 0.625. The summed E-state index contributed by atoms with van der Waals surface area (Å²) < 4.78 is 4.83. The summed E-state index contributed by atoms with van der Waals surface area (Å²) in [5, 5.41) is 13.9. The zero-order chi connectivity index (χ0) is 10.4. The molecule has 0 rings (SSSR count). The van der Waals surface area contributed by atoms with Crippen molar-refractivity contribution in [2.24, 2.45) is 0 Å². The second-order valence-electron chi connectivity index (χ2n) is 1.47. The van der Waals surface area contributed by atoms with Gasteiger partial charge < -0.3 is 14.9 Å². The van der Waals surface area contributed by atoms with Crippen LogP contribution in [0.3, 0.4) is 0 Å². The van der Waals surface area contributed by atoms with Gasteiger partial charge in [0.2, 0.25) is 0 Å². The molecule has 2 N–H and O–H groups in total. The second kappa shape index (κ2) is 22.5. The molecule has 0 fully saturated rings. The number of hydrogen-bond acceptors (Lipinski definition) is 2. The minimum atomic E-state index is -1.83. The van der Waals surface area contributed by atoms with Crippen LogP contribution in [0.5, 0.6) is 0 Å². The van der Waals surface area contributed by atoms with Gasteiger partial charge in [-0.25, -0.2) is 4.79 Å². The van der Waals surface area contributed by atoms with E-state index in [4.69, 9.17) is 19.7 Å². The Labute approximate surface area is 73.5 Å². The van der Waals surface area contributed by atoms with Crippen molar-refractivity contribution in [3.8, 4) is 0 Å². The molecule has 0 spiro atoms. The standard InChI is InChI=1S/C4H10O.C3H6.CH2O3/c1-3-5-4-2;1-3-2;2-1(3)4/h3-4H2,1-2H3;3H,1H2,2H3;(H2,2,3,4). The summed E-state index contributed by atoms with van der Waals surface area (Å²) in [5.74, 6) is 0. The molecule has 0 heterocycles. The lowest BCUT2D eigenvalue weighted by molar-refractivity contribution is 0.137. The first-order valence-corrected chi connectivity index (χ1v) is 3.63. The van der Waals surface area contributed by atoms with Gasteiger partial charge in [0.25, 0.3) is 0 Å². The van der Waals surface area contributed by atoms with Gasteiger partial charge in [-0.2, -0.15) is 0 Å². The molecular weight excluding hydrogens is 160 g/mol. The van der Waals surface area contributed by atoms with Crippen LogP contribution >= 0.6 is 0 Å². The maximum atomic E-state index is 8.56. The van der Waals surface area contributed by atoms with Gasteiger partial charge in [-0.1, -0.05) is 6.08 Å². The maximum Gasteiger partial charge on any atom is 0.503 e. The molecule has 0 aliphatic heterocycles. The first-order chi connectivity index (χ1) is 5.56. The van der Waals surface area contributed by atoms with Gasteiger partial charge in [-0.3, -0.25) is 0 Å². The van der Waals surface area contributed by atoms with Crippen molar-refractivity contribution >= 4 is 6.16 Å². The molecule has 0 atom stereocenters. The number of rotatable bonds is 2. The second-order valence-corrected chi connectivity index (χ2v) is 1.47. The minimum Gasteiger partial charge on any atom is -0.450 e. The van der Waals surface area contributed by atoms with Crippen molar-refractivity contribution in [3.63, 3.8) is 0 Å². The van der Waals surface area contributed by atoms with Gasteiger partial charge in [-0.05, 0) is 20.8 Å². The monoisotopic (exact) mass is 178 g/mol. The average Bonchev–Trinajstić information content (AvgIpc) is 1.89. The Morgan fingerprint density at radius 3 is 1.58 bits per heavy atom. The zero-order valence-corrected chi connectivity index (χ0v) is 7.91. The Morgan fingerprint density at radius 1 is 1.42 bits per heavy atom. The van der Waals surface area contributed by atoms with Crippen molar-refractivity contribution in [2.45, 2.75) is 20.8 Å². The van der Waals surface area contributed by atoms with Crippen LogP contribution in [0.25, 0.3) is 0 Å². The first kappa shape index (κ1) is 17.2. The van der Waals surface area contributed by atoms with Crippen molar-refractivity contribution in [1.82, 2.24) is 0 Å². The van der Waals surface area contributed by atoms with Crippen LogP contribution in [-0.4, -0.2) is 29.6 Å². The molecule has 4 nitrogen and oxygen atoms in total. The normalized spacial score (nSPS) is 6.58.